The number of nitro groups is 1. The lowest BCUT2D eigenvalue weighted by Gasteiger charge is -2.08. The van der Waals surface area contributed by atoms with E-state index in [1.807, 2.05) is 24.3 Å². The second kappa shape index (κ2) is 9.30. The molecule has 11 heteroatoms. The van der Waals surface area contributed by atoms with E-state index < -0.39 is 10.8 Å². The van der Waals surface area contributed by atoms with E-state index in [0.717, 1.165) is 11.3 Å². The second-order valence-corrected chi connectivity index (χ2v) is 7.06. The van der Waals surface area contributed by atoms with Crippen molar-refractivity contribution in [3.63, 3.8) is 0 Å². The molecule has 0 bridgehead atoms. The van der Waals surface area contributed by atoms with Crippen LogP contribution >= 0.6 is 0 Å². The van der Waals surface area contributed by atoms with Crippen molar-refractivity contribution < 1.29 is 19.2 Å². The van der Waals surface area contributed by atoms with E-state index in [1.54, 1.807) is 42.8 Å². The van der Waals surface area contributed by atoms with Gasteiger partial charge in [-0.3, -0.25) is 14.9 Å². The average Bonchev–Trinajstić information content (AvgIpc) is 3.25. The number of hydrogen-bond acceptors (Lipinski definition) is 8. The van der Waals surface area contributed by atoms with E-state index in [1.165, 1.54) is 6.07 Å². The van der Waals surface area contributed by atoms with Crippen LogP contribution < -0.4 is 14.8 Å². The number of aromatic nitrogens is 4. The smallest absolute Gasteiger partial charge is 0.273 e. The van der Waals surface area contributed by atoms with Crippen LogP contribution in [0.15, 0.2) is 54.6 Å². The van der Waals surface area contributed by atoms with Gasteiger partial charge in [0.25, 0.3) is 11.6 Å². The van der Waals surface area contributed by atoms with Gasteiger partial charge < -0.3 is 14.8 Å². The average molecular weight is 448 g/mol. The van der Waals surface area contributed by atoms with Gasteiger partial charge in [0.2, 0.25) is 5.88 Å². The highest BCUT2D eigenvalue weighted by Gasteiger charge is 2.15. The van der Waals surface area contributed by atoms with Crippen LogP contribution in [0.4, 0.5) is 5.69 Å². The molecule has 0 unspecified atom stereocenters. The topological polar surface area (TPSA) is 134 Å². The van der Waals surface area contributed by atoms with Gasteiger partial charge in [-0.15, -0.1) is 15.3 Å². The Labute approximate surface area is 188 Å². The number of nitrogens with one attached hydrogen (secondary N) is 1. The number of nitro benzene ring substituents is 1. The summed E-state index contributed by atoms with van der Waals surface area (Å²) in [6.07, 6.45) is 0. The van der Waals surface area contributed by atoms with Crippen LogP contribution in [0.25, 0.3) is 17.0 Å². The van der Waals surface area contributed by atoms with E-state index >= 15 is 0 Å². The summed E-state index contributed by atoms with van der Waals surface area (Å²) in [7, 11) is 1.60. The highest BCUT2D eigenvalue weighted by molar-refractivity contribution is 5.94. The first kappa shape index (κ1) is 21.7. The number of carbonyl (C=O) groups is 1. The third kappa shape index (κ3) is 4.71. The summed E-state index contributed by atoms with van der Waals surface area (Å²) in [4.78, 5) is 22.8. The predicted molar refractivity (Wildman–Crippen MR) is 118 cm³/mol. The molecule has 0 atom stereocenters. The van der Waals surface area contributed by atoms with E-state index in [4.69, 9.17) is 9.47 Å². The van der Waals surface area contributed by atoms with Gasteiger partial charge in [0.15, 0.2) is 11.5 Å². The third-order valence-electron chi connectivity index (χ3n) is 4.89. The third-order valence-corrected chi connectivity index (χ3v) is 4.89. The fourth-order valence-electron chi connectivity index (χ4n) is 3.14. The van der Waals surface area contributed by atoms with Crippen LogP contribution in [0, 0.1) is 17.0 Å². The molecule has 2 heterocycles. The molecule has 1 N–H and O–H groups in total. The van der Waals surface area contributed by atoms with Crippen molar-refractivity contribution in [1.29, 1.82) is 0 Å². The molecule has 4 aromatic rings. The minimum Gasteiger partial charge on any atom is -0.497 e. The number of fused-ring (bicyclic) bond motifs is 1. The minimum atomic E-state index is -0.512. The zero-order valence-electron chi connectivity index (χ0n) is 17.9. The molecule has 0 aliphatic heterocycles. The first-order valence-corrected chi connectivity index (χ1v) is 9.99. The Morgan fingerprint density at radius 3 is 2.64 bits per heavy atom. The highest BCUT2D eigenvalue weighted by atomic mass is 16.6. The molecule has 2 aromatic carbocycles. The predicted octanol–water partition coefficient (Wildman–Crippen LogP) is 2.83. The van der Waals surface area contributed by atoms with Crippen LogP contribution in [0.1, 0.15) is 15.9 Å². The van der Waals surface area contributed by atoms with Crippen molar-refractivity contribution in [3.05, 3.63) is 75.8 Å². The van der Waals surface area contributed by atoms with Crippen molar-refractivity contribution in [1.82, 2.24) is 25.1 Å². The lowest BCUT2D eigenvalue weighted by Crippen LogP contribution is -2.28. The van der Waals surface area contributed by atoms with Crippen molar-refractivity contribution in [3.8, 4) is 23.0 Å². The molecular formula is C22H20N6O5. The van der Waals surface area contributed by atoms with Gasteiger partial charge >= 0.3 is 0 Å². The van der Waals surface area contributed by atoms with Crippen LogP contribution in [0.3, 0.4) is 0 Å². The summed E-state index contributed by atoms with van der Waals surface area (Å²) in [5, 5.41) is 26.5. The summed E-state index contributed by atoms with van der Waals surface area (Å²) in [5.74, 6) is 1.18. The van der Waals surface area contributed by atoms with Gasteiger partial charge in [0, 0.05) is 28.8 Å². The molecule has 0 saturated carbocycles. The van der Waals surface area contributed by atoms with Gasteiger partial charge in [-0.1, -0.05) is 6.07 Å². The quantitative estimate of drug-likeness (QED) is 0.247. The van der Waals surface area contributed by atoms with Gasteiger partial charge in [0.1, 0.15) is 12.4 Å². The number of ether oxygens (including phenoxy) is 2. The molecule has 4 rings (SSSR count). The molecule has 168 valence electrons. The molecule has 0 aliphatic carbocycles. The lowest BCUT2D eigenvalue weighted by molar-refractivity contribution is -0.385. The maximum Gasteiger partial charge on any atom is 0.273 e. The summed E-state index contributed by atoms with van der Waals surface area (Å²) >= 11 is 0. The number of rotatable bonds is 8. The monoisotopic (exact) mass is 448 g/mol. The van der Waals surface area contributed by atoms with Crippen LogP contribution in [0.5, 0.6) is 11.6 Å². The summed E-state index contributed by atoms with van der Waals surface area (Å²) in [6.45, 7) is 1.96. The van der Waals surface area contributed by atoms with Crippen LogP contribution in [-0.2, 0) is 0 Å². The van der Waals surface area contributed by atoms with Gasteiger partial charge in [-0.25, -0.2) is 0 Å². The zero-order valence-corrected chi connectivity index (χ0v) is 17.9. The van der Waals surface area contributed by atoms with E-state index in [2.05, 4.69) is 20.6 Å². The molecule has 0 aliphatic rings. The second-order valence-electron chi connectivity index (χ2n) is 7.06. The number of benzene rings is 2. The largest absolute Gasteiger partial charge is 0.497 e. The maximum atomic E-state index is 12.3. The number of amides is 1. The van der Waals surface area contributed by atoms with Gasteiger partial charge in [-0.05, 0) is 43.3 Å². The van der Waals surface area contributed by atoms with Crippen molar-refractivity contribution in [2.24, 2.45) is 0 Å². The molecule has 0 saturated heterocycles. The summed E-state index contributed by atoms with van der Waals surface area (Å²) in [5.41, 5.74) is 1.97. The zero-order chi connectivity index (χ0) is 23.4. The summed E-state index contributed by atoms with van der Waals surface area (Å²) in [6, 6.07) is 15.1. The Morgan fingerprint density at radius 2 is 1.91 bits per heavy atom. The number of nitrogens with zero attached hydrogens (tertiary/aromatic N) is 5. The van der Waals surface area contributed by atoms with Crippen molar-refractivity contribution in [2.75, 3.05) is 20.3 Å². The molecule has 33 heavy (non-hydrogen) atoms. The van der Waals surface area contributed by atoms with E-state index in [0.29, 0.717) is 22.9 Å². The van der Waals surface area contributed by atoms with Gasteiger partial charge in [-0.2, -0.15) is 4.52 Å². The Hall–Kier alpha value is -4.54. The Balaban J connectivity index is 1.39. The SMILES string of the molecule is COc1ccc(-c2nnc3ccc(OCCNC(=O)c4ccc(C)c([N+](=O)[O-])c4)nn23)cc1. The first-order chi connectivity index (χ1) is 16.0. The Bertz CT molecular complexity index is 1320. The maximum absolute atomic E-state index is 12.3. The van der Waals surface area contributed by atoms with Gasteiger partial charge in [0.05, 0.1) is 18.6 Å². The standard InChI is InChI=1S/C22H20N6O5/c1-14-3-4-16(13-18(14)28(30)31)22(29)23-11-12-33-20-10-9-19-24-25-21(27(19)26-20)15-5-7-17(32-2)8-6-15/h3-10,13H,11-12H2,1-2H3,(H,23,29). The summed E-state index contributed by atoms with van der Waals surface area (Å²) < 4.78 is 12.4. The van der Waals surface area contributed by atoms with Crippen molar-refractivity contribution >= 4 is 17.2 Å². The molecule has 0 fully saturated rings. The van der Waals surface area contributed by atoms with Crippen LogP contribution in [-0.4, -0.2) is 50.9 Å². The molecule has 0 spiro atoms. The van der Waals surface area contributed by atoms with E-state index in [9.17, 15) is 14.9 Å². The molecular weight excluding hydrogens is 428 g/mol. The normalized spacial score (nSPS) is 10.7. The number of carbonyl (C=O) groups excluding carboxylic acids is 1. The van der Waals surface area contributed by atoms with E-state index in [-0.39, 0.29) is 24.4 Å². The number of methoxy groups -OCH3 is 1. The fraction of sp³-hybridized carbons (Fsp3) is 0.182. The fourth-order valence-corrected chi connectivity index (χ4v) is 3.14. The first-order valence-electron chi connectivity index (χ1n) is 9.99. The molecule has 1 amide bonds. The van der Waals surface area contributed by atoms with Crippen LogP contribution in [0.2, 0.25) is 0 Å². The number of hydrogen-bond donors (Lipinski definition) is 1. The molecule has 2 aromatic heterocycles. The molecule has 11 nitrogen and oxygen atoms in total. The Morgan fingerprint density at radius 1 is 1.12 bits per heavy atom. The Kier molecular flexibility index (Phi) is 6.11. The molecule has 0 radical (unpaired) electrons. The minimum absolute atomic E-state index is 0.0991. The van der Waals surface area contributed by atoms with Crippen molar-refractivity contribution in [2.45, 2.75) is 6.92 Å². The highest BCUT2D eigenvalue weighted by Crippen LogP contribution is 2.22. The number of aryl methyl sites for hydroxylation is 1. The lowest BCUT2D eigenvalue weighted by atomic mass is 10.1.